The lowest BCUT2D eigenvalue weighted by Crippen LogP contribution is -2.26. The highest BCUT2D eigenvalue weighted by Crippen LogP contribution is 2.35. The van der Waals surface area contributed by atoms with Gasteiger partial charge in [-0.05, 0) is 44.2 Å². The number of fused-ring (bicyclic) bond motifs is 3. The summed E-state index contributed by atoms with van der Waals surface area (Å²) in [6.07, 6.45) is 0. The van der Waals surface area contributed by atoms with E-state index in [9.17, 15) is 13.0 Å². The minimum absolute atomic E-state index is 0.327. The van der Waals surface area contributed by atoms with Crippen molar-refractivity contribution in [2.24, 2.45) is 4.99 Å². The topological polar surface area (TPSA) is 107 Å². The largest absolute Gasteiger partial charge is 0.497 e. The summed E-state index contributed by atoms with van der Waals surface area (Å²) in [7, 11) is -2.83. The summed E-state index contributed by atoms with van der Waals surface area (Å²) < 4.78 is 40.9. The minimum Gasteiger partial charge on any atom is -0.497 e. The summed E-state index contributed by atoms with van der Waals surface area (Å²) in [4.78, 5) is 4.77. The molecule has 1 aliphatic heterocycles. The van der Waals surface area contributed by atoms with Crippen molar-refractivity contribution < 1.29 is 17.7 Å². The molecule has 0 amide bonds. The summed E-state index contributed by atoms with van der Waals surface area (Å²) in [6, 6.07) is 11.6. The Balaban J connectivity index is 2.07. The van der Waals surface area contributed by atoms with Crippen molar-refractivity contribution in [2.45, 2.75) is 25.1 Å². The van der Waals surface area contributed by atoms with Crippen molar-refractivity contribution in [3.8, 4) is 11.4 Å². The Kier molecular flexibility index (Phi) is 5.13. The van der Waals surface area contributed by atoms with Gasteiger partial charge in [-0.25, -0.2) is 0 Å². The predicted molar refractivity (Wildman–Crippen MR) is 113 cm³/mol. The molecule has 1 aromatic heterocycles. The fourth-order valence-electron chi connectivity index (χ4n) is 3.48. The second-order valence-corrected chi connectivity index (χ2v) is 9.18. The van der Waals surface area contributed by atoms with E-state index in [1.54, 1.807) is 48.9 Å². The Morgan fingerprint density at radius 3 is 2.50 bits per heavy atom. The maximum absolute atomic E-state index is 12.0. The van der Waals surface area contributed by atoms with Crippen LogP contribution in [0.15, 0.2) is 47.5 Å². The lowest BCUT2D eigenvalue weighted by Gasteiger charge is -2.17. The predicted octanol–water partition coefficient (Wildman–Crippen LogP) is 3.41. The number of halogens is 1. The van der Waals surface area contributed by atoms with Crippen molar-refractivity contribution in [1.82, 2.24) is 14.8 Å². The molecule has 2 atom stereocenters. The van der Waals surface area contributed by atoms with Crippen LogP contribution < -0.4 is 4.74 Å². The number of rotatable bonds is 4. The number of hydrogen-bond donors (Lipinski definition) is 1. The van der Waals surface area contributed by atoms with Crippen LogP contribution >= 0.6 is 11.6 Å². The Hall–Kier alpha value is -2.75. The molecular weight excluding hydrogens is 428 g/mol. The van der Waals surface area contributed by atoms with E-state index in [0.29, 0.717) is 33.7 Å². The molecule has 30 heavy (non-hydrogen) atoms. The number of aliphatic imine (C=N–C) groups is 1. The quantitative estimate of drug-likeness (QED) is 0.615. The van der Waals surface area contributed by atoms with E-state index >= 15 is 0 Å². The maximum atomic E-state index is 12.0. The molecule has 1 N–H and O–H groups in total. The summed E-state index contributed by atoms with van der Waals surface area (Å²) in [6.45, 7) is 3.17. The minimum atomic E-state index is -4.40. The first-order valence-electron chi connectivity index (χ1n) is 9.11. The third-order valence-corrected chi connectivity index (χ3v) is 6.56. The lowest BCUT2D eigenvalue weighted by atomic mass is 10.00. The van der Waals surface area contributed by atoms with Gasteiger partial charge in [0, 0.05) is 16.1 Å². The monoisotopic (exact) mass is 446 g/mol. The molecule has 8 nitrogen and oxygen atoms in total. The Bertz CT molecular complexity index is 1250. The van der Waals surface area contributed by atoms with Gasteiger partial charge >= 0.3 is 0 Å². The standard InChI is InChI=1S/C20H19ClN4O4S/c1-11(30(26,27)28)18-20-24-23-12(2)25(20)17-9-8-15(29-3)10-16(17)19(22-18)13-4-6-14(21)7-5-13/h4-11,18H,1-3H3,(H,26,27,28)/t11-,18?/m1/s1. The molecular formula is C20H19ClN4O4S. The van der Waals surface area contributed by atoms with Gasteiger partial charge in [0.05, 0.1) is 18.5 Å². The van der Waals surface area contributed by atoms with Crippen LogP contribution in [-0.2, 0) is 10.1 Å². The third-order valence-electron chi connectivity index (χ3n) is 5.11. The zero-order valence-corrected chi connectivity index (χ0v) is 18.0. The van der Waals surface area contributed by atoms with Crippen LogP contribution in [0.4, 0.5) is 0 Å². The number of methoxy groups -OCH3 is 1. The highest BCUT2D eigenvalue weighted by atomic mass is 35.5. The van der Waals surface area contributed by atoms with Crippen LogP contribution in [0.1, 0.15) is 35.7 Å². The molecule has 0 spiro atoms. The van der Waals surface area contributed by atoms with Gasteiger partial charge in [-0.2, -0.15) is 8.42 Å². The molecule has 0 fully saturated rings. The van der Waals surface area contributed by atoms with Crippen LogP contribution in [0.25, 0.3) is 5.69 Å². The second kappa shape index (κ2) is 7.50. The van der Waals surface area contributed by atoms with Crippen molar-refractivity contribution in [2.75, 3.05) is 7.11 Å². The molecule has 0 aliphatic carbocycles. The molecule has 0 bridgehead atoms. The van der Waals surface area contributed by atoms with Gasteiger partial charge in [0.25, 0.3) is 10.1 Å². The summed E-state index contributed by atoms with van der Waals surface area (Å²) in [5.74, 6) is 1.51. The molecule has 4 rings (SSSR count). The van der Waals surface area contributed by atoms with Crippen molar-refractivity contribution in [3.05, 3.63) is 70.3 Å². The van der Waals surface area contributed by atoms with Gasteiger partial charge in [-0.15, -0.1) is 10.2 Å². The normalized spacial score (nSPS) is 16.8. The van der Waals surface area contributed by atoms with E-state index in [-0.39, 0.29) is 0 Å². The van der Waals surface area contributed by atoms with Crippen LogP contribution in [0.3, 0.4) is 0 Å². The van der Waals surface area contributed by atoms with Crippen molar-refractivity contribution >= 4 is 27.4 Å². The van der Waals surface area contributed by atoms with E-state index in [1.807, 2.05) is 12.1 Å². The molecule has 3 aromatic rings. The van der Waals surface area contributed by atoms with Crippen LogP contribution in [0.2, 0.25) is 5.02 Å². The zero-order chi connectivity index (χ0) is 21.6. The Morgan fingerprint density at radius 1 is 1.17 bits per heavy atom. The smallest absolute Gasteiger partial charge is 0.270 e. The lowest BCUT2D eigenvalue weighted by molar-refractivity contribution is 0.414. The van der Waals surface area contributed by atoms with Crippen molar-refractivity contribution in [3.63, 3.8) is 0 Å². The molecule has 1 unspecified atom stereocenters. The number of nitrogens with zero attached hydrogens (tertiary/aromatic N) is 4. The SMILES string of the molecule is COc1ccc2c(c1)C(c1ccc(Cl)cc1)=NC([C@@H](C)S(=O)(=O)O)c1nnc(C)n1-2. The number of ether oxygens (including phenoxy) is 1. The summed E-state index contributed by atoms with van der Waals surface area (Å²) >= 11 is 6.05. The molecule has 0 radical (unpaired) electrons. The number of hydrogen-bond acceptors (Lipinski definition) is 6. The third kappa shape index (κ3) is 3.49. The van der Waals surface area contributed by atoms with Gasteiger partial charge in [0.1, 0.15) is 22.9 Å². The molecule has 10 heteroatoms. The fraction of sp³-hybridized carbons (Fsp3) is 0.250. The fourth-order valence-corrected chi connectivity index (χ4v) is 4.11. The number of aryl methyl sites for hydroxylation is 1. The van der Waals surface area contributed by atoms with Crippen LogP contribution in [-0.4, -0.2) is 45.8 Å². The average molecular weight is 447 g/mol. The van der Waals surface area contributed by atoms with Gasteiger partial charge in [0.15, 0.2) is 5.82 Å². The summed E-state index contributed by atoms with van der Waals surface area (Å²) in [5, 5.41) is 7.64. The van der Waals surface area contributed by atoms with Gasteiger partial charge in [-0.1, -0.05) is 23.7 Å². The highest BCUT2D eigenvalue weighted by Gasteiger charge is 2.36. The molecule has 156 valence electrons. The second-order valence-electron chi connectivity index (χ2n) is 6.97. The Labute approximate surface area is 178 Å². The highest BCUT2D eigenvalue weighted by molar-refractivity contribution is 7.86. The molecule has 2 heterocycles. The summed E-state index contributed by atoms with van der Waals surface area (Å²) in [5.41, 5.74) is 2.71. The van der Waals surface area contributed by atoms with E-state index < -0.39 is 21.4 Å². The first-order valence-corrected chi connectivity index (χ1v) is 11.0. The first-order chi connectivity index (χ1) is 14.2. The average Bonchev–Trinajstić information content (AvgIpc) is 3.02. The van der Waals surface area contributed by atoms with Gasteiger partial charge < -0.3 is 4.74 Å². The number of aromatic nitrogens is 3. The maximum Gasteiger partial charge on any atom is 0.270 e. The molecule has 0 saturated carbocycles. The van der Waals surface area contributed by atoms with E-state index in [4.69, 9.17) is 21.3 Å². The van der Waals surface area contributed by atoms with Crippen molar-refractivity contribution in [1.29, 1.82) is 0 Å². The van der Waals surface area contributed by atoms with Crippen LogP contribution in [0, 0.1) is 6.92 Å². The number of benzene rings is 2. The molecule has 0 saturated heterocycles. The Morgan fingerprint density at radius 2 is 1.87 bits per heavy atom. The van der Waals surface area contributed by atoms with Gasteiger partial charge in [0.2, 0.25) is 0 Å². The zero-order valence-electron chi connectivity index (χ0n) is 16.4. The van der Waals surface area contributed by atoms with E-state index in [2.05, 4.69) is 10.2 Å². The molecule has 1 aliphatic rings. The van der Waals surface area contributed by atoms with Crippen LogP contribution in [0.5, 0.6) is 5.75 Å². The van der Waals surface area contributed by atoms with E-state index in [0.717, 1.165) is 11.3 Å². The van der Waals surface area contributed by atoms with E-state index in [1.165, 1.54) is 6.92 Å². The first kappa shape index (κ1) is 20.5. The van der Waals surface area contributed by atoms with Gasteiger partial charge in [-0.3, -0.25) is 14.1 Å². The molecule has 2 aromatic carbocycles.